The van der Waals surface area contributed by atoms with Crippen molar-refractivity contribution in [1.29, 1.82) is 0 Å². The molecule has 2 rings (SSSR count). The number of hydrogen-bond donors (Lipinski definition) is 0. The highest BCUT2D eigenvalue weighted by Gasteiger charge is 2.13. The van der Waals surface area contributed by atoms with E-state index in [1.807, 2.05) is 30.3 Å². The van der Waals surface area contributed by atoms with Gasteiger partial charge in [-0.1, -0.05) is 30.3 Å². The van der Waals surface area contributed by atoms with E-state index in [4.69, 9.17) is 0 Å². The Kier molecular flexibility index (Phi) is 4.70. The van der Waals surface area contributed by atoms with Crippen molar-refractivity contribution in [1.82, 2.24) is 9.97 Å². The largest absolute Gasteiger partial charge is 0.464 e. The van der Waals surface area contributed by atoms with Crippen molar-refractivity contribution in [3.63, 3.8) is 0 Å². The molecule has 100 valence electrons. The average molecular weight is 268 g/mol. The van der Waals surface area contributed by atoms with Gasteiger partial charge in [0.05, 0.1) is 19.7 Å². The van der Waals surface area contributed by atoms with Gasteiger partial charge in [-0.25, -0.2) is 19.8 Å². The molecular formula is C14H12N4O2. The van der Waals surface area contributed by atoms with E-state index >= 15 is 0 Å². The minimum Gasteiger partial charge on any atom is -0.464 e. The quantitative estimate of drug-likeness (QED) is 0.629. The SMILES string of the molecule is COC(=O)c1nccnc1N=C=NCc1ccccc1. The highest BCUT2D eigenvalue weighted by molar-refractivity contribution is 5.91. The lowest BCUT2D eigenvalue weighted by Gasteiger charge is -1.98. The number of ether oxygens (including phenoxy) is 1. The first-order chi connectivity index (χ1) is 9.81. The summed E-state index contributed by atoms with van der Waals surface area (Å²) in [7, 11) is 1.27. The van der Waals surface area contributed by atoms with Crippen LogP contribution in [0.3, 0.4) is 0 Å². The summed E-state index contributed by atoms with van der Waals surface area (Å²) in [6.07, 6.45) is 2.83. The Bertz CT molecular complexity index is 649. The molecule has 0 unspecified atom stereocenters. The Morgan fingerprint density at radius 2 is 2.00 bits per heavy atom. The molecule has 0 amide bonds. The van der Waals surface area contributed by atoms with Crippen LogP contribution >= 0.6 is 0 Å². The number of nitrogens with zero attached hydrogens (tertiary/aromatic N) is 4. The zero-order valence-electron chi connectivity index (χ0n) is 10.9. The monoisotopic (exact) mass is 268 g/mol. The molecule has 0 saturated carbocycles. The van der Waals surface area contributed by atoms with Gasteiger partial charge in [-0.3, -0.25) is 0 Å². The van der Waals surface area contributed by atoms with Gasteiger partial charge in [0.1, 0.15) is 0 Å². The van der Waals surface area contributed by atoms with Crippen LogP contribution in [0.5, 0.6) is 0 Å². The first-order valence-electron chi connectivity index (χ1n) is 5.86. The number of aromatic nitrogens is 2. The van der Waals surface area contributed by atoms with E-state index in [0.29, 0.717) is 6.54 Å². The van der Waals surface area contributed by atoms with Gasteiger partial charge in [0.15, 0.2) is 11.5 Å². The van der Waals surface area contributed by atoms with Crippen molar-refractivity contribution >= 4 is 17.8 Å². The number of esters is 1. The van der Waals surface area contributed by atoms with Crippen LogP contribution in [-0.4, -0.2) is 29.1 Å². The van der Waals surface area contributed by atoms with E-state index in [9.17, 15) is 4.79 Å². The number of hydrogen-bond acceptors (Lipinski definition) is 6. The topological polar surface area (TPSA) is 76.8 Å². The minimum absolute atomic E-state index is 0.0393. The second kappa shape index (κ2) is 6.92. The van der Waals surface area contributed by atoms with Gasteiger partial charge in [-0.2, -0.15) is 4.99 Å². The van der Waals surface area contributed by atoms with Crippen LogP contribution in [0, 0.1) is 0 Å². The molecule has 6 heteroatoms. The zero-order chi connectivity index (χ0) is 14.2. The molecule has 0 aliphatic carbocycles. The van der Waals surface area contributed by atoms with Crippen LogP contribution in [-0.2, 0) is 11.3 Å². The predicted molar refractivity (Wildman–Crippen MR) is 73.0 cm³/mol. The fourth-order valence-corrected chi connectivity index (χ4v) is 1.45. The fraction of sp³-hybridized carbons (Fsp3) is 0.143. The Balaban J connectivity index is 2.13. The molecule has 0 atom stereocenters. The first-order valence-corrected chi connectivity index (χ1v) is 5.86. The maximum atomic E-state index is 11.4. The predicted octanol–water partition coefficient (Wildman–Crippen LogP) is 2.27. The first kappa shape index (κ1) is 13.6. The van der Waals surface area contributed by atoms with Crippen LogP contribution < -0.4 is 0 Å². The highest BCUT2D eigenvalue weighted by atomic mass is 16.5. The van der Waals surface area contributed by atoms with Crippen LogP contribution in [0.2, 0.25) is 0 Å². The third kappa shape index (κ3) is 3.57. The lowest BCUT2D eigenvalue weighted by molar-refractivity contribution is 0.0594. The fourth-order valence-electron chi connectivity index (χ4n) is 1.45. The summed E-state index contributed by atoms with van der Waals surface area (Å²) < 4.78 is 4.59. The number of rotatable bonds is 4. The number of benzene rings is 1. The molecule has 1 aromatic heterocycles. The third-order valence-electron chi connectivity index (χ3n) is 2.39. The van der Waals surface area contributed by atoms with Crippen molar-refractivity contribution in [3.8, 4) is 0 Å². The van der Waals surface area contributed by atoms with E-state index in [1.165, 1.54) is 19.5 Å². The summed E-state index contributed by atoms with van der Waals surface area (Å²) in [6.45, 7) is 0.457. The van der Waals surface area contributed by atoms with Crippen LogP contribution in [0.4, 0.5) is 5.82 Å². The highest BCUT2D eigenvalue weighted by Crippen LogP contribution is 2.12. The Morgan fingerprint density at radius 1 is 1.25 bits per heavy atom. The van der Waals surface area contributed by atoms with Gasteiger partial charge in [0, 0.05) is 12.4 Å². The summed E-state index contributed by atoms with van der Waals surface area (Å²) >= 11 is 0. The van der Waals surface area contributed by atoms with Crippen molar-refractivity contribution < 1.29 is 9.53 Å². The van der Waals surface area contributed by atoms with Crippen molar-refractivity contribution in [3.05, 3.63) is 54.0 Å². The normalized spacial score (nSPS) is 9.45. The number of carbonyl (C=O) groups is 1. The van der Waals surface area contributed by atoms with Crippen molar-refractivity contribution in [2.24, 2.45) is 9.98 Å². The van der Waals surface area contributed by atoms with Gasteiger partial charge in [0.2, 0.25) is 0 Å². The van der Waals surface area contributed by atoms with Gasteiger partial charge in [-0.05, 0) is 5.56 Å². The van der Waals surface area contributed by atoms with Gasteiger partial charge in [-0.15, -0.1) is 0 Å². The summed E-state index contributed by atoms with van der Waals surface area (Å²) in [4.78, 5) is 27.2. The summed E-state index contributed by atoms with van der Waals surface area (Å²) in [6, 6.07) is 12.2. The van der Waals surface area contributed by atoms with E-state index in [2.05, 4.69) is 30.7 Å². The Hall–Kier alpha value is -2.85. The van der Waals surface area contributed by atoms with Crippen molar-refractivity contribution in [2.45, 2.75) is 6.54 Å². The maximum absolute atomic E-state index is 11.4. The van der Waals surface area contributed by atoms with Gasteiger partial charge < -0.3 is 4.74 Å². The van der Waals surface area contributed by atoms with Crippen LogP contribution in [0.1, 0.15) is 16.1 Å². The average Bonchev–Trinajstić information content (AvgIpc) is 2.52. The number of aliphatic imine (C=N–C) groups is 2. The zero-order valence-corrected chi connectivity index (χ0v) is 10.9. The van der Waals surface area contributed by atoms with Crippen molar-refractivity contribution in [2.75, 3.05) is 7.11 Å². The lowest BCUT2D eigenvalue weighted by Crippen LogP contribution is -2.05. The standard InChI is InChI=1S/C14H12N4O2/c1-20-14(19)12-13(17-8-7-16-12)18-10-15-9-11-5-3-2-4-6-11/h2-8H,9H2,1H3. The molecule has 0 radical (unpaired) electrons. The van der Waals surface area contributed by atoms with E-state index in [1.54, 1.807) is 0 Å². The molecule has 0 aliphatic heterocycles. The molecule has 1 heterocycles. The molecule has 0 bridgehead atoms. The van der Waals surface area contributed by atoms with Gasteiger partial charge >= 0.3 is 5.97 Å². The minimum atomic E-state index is -0.596. The second-order valence-corrected chi connectivity index (χ2v) is 3.73. The third-order valence-corrected chi connectivity index (χ3v) is 2.39. The summed E-state index contributed by atoms with van der Waals surface area (Å²) in [5, 5.41) is 0. The molecule has 20 heavy (non-hydrogen) atoms. The molecule has 0 fully saturated rings. The van der Waals surface area contributed by atoms with Crippen LogP contribution in [0.15, 0.2) is 52.7 Å². The van der Waals surface area contributed by atoms with E-state index in [-0.39, 0.29) is 11.5 Å². The molecule has 6 nitrogen and oxygen atoms in total. The summed E-state index contributed by atoms with van der Waals surface area (Å²) in [5.41, 5.74) is 1.08. The molecule has 0 aliphatic rings. The molecule has 0 saturated heterocycles. The molecular weight excluding hydrogens is 256 g/mol. The molecule has 2 aromatic rings. The van der Waals surface area contributed by atoms with Gasteiger partial charge in [0.25, 0.3) is 0 Å². The Morgan fingerprint density at radius 3 is 2.75 bits per heavy atom. The second-order valence-electron chi connectivity index (χ2n) is 3.73. The molecule has 0 spiro atoms. The number of methoxy groups -OCH3 is 1. The molecule has 0 N–H and O–H groups in total. The number of carbonyl (C=O) groups excluding carboxylic acids is 1. The van der Waals surface area contributed by atoms with E-state index < -0.39 is 5.97 Å². The van der Waals surface area contributed by atoms with E-state index in [0.717, 1.165) is 5.56 Å². The Labute approximate surface area is 115 Å². The van der Waals surface area contributed by atoms with Crippen LogP contribution in [0.25, 0.3) is 0 Å². The lowest BCUT2D eigenvalue weighted by atomic mass is 10.2. The smallest absolute Gasteiger partial charge is 0.360 e. The summed E-state index contributed by atoms with van der Waals surface area (Å²) in [5.74, 6) is -0.460. The maximum Gasteiger partial charge on any atom is 0.360 e. The molecule has 1 aromatic carbocycles.